The van der Waals surface area contributed by atoms with Crippen LogP contribution in [-0.4, -0.2) is 46.8 Å². The zero-order valence-corrected chi connectivity index (χ0v) is 15.0. The van der Waals surface area contributed by atoms with Gasteiger partial charge in [0, 0.05) is 42.3 Å². The van der Waals surface area contributed by atoms with Crippen LogP contribution in [-0.2, 0) is 6.61 Å². The summed E-state index contributed by atoms with van der Waals surface area (Å²) in [5.41, 5.74) is 0.394. The summed E-state index contributed by atoms with van der Waals surface area (Å²) < 4.78 is 19.4. The number of amides is 1. The molecule has 3 rings (SSSR count). The number of halogens is 2. The van der Waals surface area contributed by atoms with Crippen LogP contribution in [0, 0.1) is 5.82 Å². The van der Waals surface area contributed by atoms with Gasteiger partial charge in [-0.25, -0.2) is 9.18 Å². The third kappa shape index (κ3) is 4.16. The molecule has 26 heavy (non-hydrogen) atoms. The van der Waals surface area contributed by atoms with Crippen LogP contribution in [0.5, 0.6) is 5.88 Å². The first-order valence-electron chi connectivity index (χ1n) is 8.22. The molecule has 1 aliphatic rings. The number of ether oxygens (including phenoxy) is 1. The fourth-order valence-electron chi connectivity index (χ4n) is 2.90. The molecule has 1 fully saturated rings. The van der Waals surface area contributed by atoms with Crippen LogP contribution in [0.4, 0.5) is 15.0 Å². The Hall–Kier alpha value is -2.54. The van der Waals surface area contributed by atoms with Gasteiger partial charge in [-0.2, -0.15) is 4.98 Å². The van der Waals surface area contributed by atoms with E-state index in [1.165, 1.54) is 11.0 Å². The second-order valence-electron chi connectivity index (χ2n) is 6.13. The van der Waals surface area contributed by atoms with Crippen molar-refractivity contribution in [2.75, 3.05) is 24.5 Å². The Bertz CT molecular complexity index is 805. The van der Waals surface area contributed by atoms with Gasteiger partial charge in [0.05, 0.1) is 0 Å². The zero-order chi connectivity index (χ0) is 18.7. The summed E-state index contributed by atoms with van der Waals surface area (Å²) in [5, 5.41) is 9.49. The smallest absolute Gasteiger partial charge is 0.407 e. The molecule has 1 saturated heterocycles. The quantitative estimate of drug-likeness (QED) is 0.878. The van der Waals surface area contributed by atoms with Crippen LogP contribution in [0.1, 0.15) is 12.5 Å². The molecule has 0 unspecified atom stereocenters. The molecule has 0 aliphatic carbocycles. The van der Waals surface area contributed by atoms with Crippen LogP contribution in [0.3, 0.4) is 0 Å². The molecule has 2 aromatic rings. The summed E-state index contributed by atoms with van der Waals surface area (Å²) in [6, 6.07) is 9.66. The van der Waals surface area contributed by atoms with Crippen molar-refractivity contribution >= 4 is 23.5 Å². The number of hydrogen-bond acceptors (Lipinski definition) is 4. The summed E-state index contributed by atoms with van der Waals surface area (Å²) >= 11 is 5.74. The minimum Gasteiger partial charge on any atom is -0.473 e. The van der Waals surface area contributed by atoms with E-state index in [2.05, 4.69) is 4.98 Å². The molecule has 0 radical (unpaired) electrons. The van der Waals surface area contributed by atoms with Crippen LogP contribution >= 0.6 is 11.6 Å². The first-order chi connectivity index (χ1) is 12.4. The van der Waals surface area contributed by atoms with Gasteiger partial charge >= 0.3 is 6.09 Å². The Morgan fingerprint density at radius 2 is 2.19 bits per heavy atom. The SMILES string of the molecule is C[C@H]1CN(c2cccc(OCc3ccc(Cl)cc3F)n2)CCN1C(=O)O. The lowest BCUT2D eigenvalue weighted by molar-refractivity contribution is 0.122. The van der Waals surface area contributed by atoms with Crippen molar-refractivity contribution < 1.29 is 19.0 Å². The summed E-state index contributed by atoms with van der Waals surface area (Å²) in [5.74, 6) is 0.661. The minimum atomic E-state index is -0.910. The molecule has 0 saturated carbocycles. The molecule has 1 aromatic heterocycles. The van der Waals surface area contributed by atoms with Crippen molar-refractivity contribution in [1.29, 1.82) is 0 Å². The molecule has 138 valence electrons. The van der Waals surface area contributed by atoms with Gasteiger partial charge in [0.1, 0.15) is 18.2 Å². The van der Waals surface area contributed by atoms with E-state index in [1.807, 2.05) is 24.0 Å². The lowest BCUT2D eigenvalue weighted by Crippen LogP contribution is -2.53. The van der Waals surface area contributed by atoms with Gasteiger partial charge in [0.15, 0.2) is 0 Å². The lowest BCUT2D eigenvalue weighted by Gasteiger charge is -2.38. The van der Waals surface area contributed by atoms with E-state index in [0.29, 0.717) is 41.9 Å². The Balaban J connectivity index is 1.66. The molecule has 1 aliphatic heterocycles. The fraction of sp³-hybridized carbons (Fsp3) is 0.333. The lowest BCUT2D eigenvalue weighted by atomic mass is 10.2. The molecule has 6 nitrogen and oxygen atoms in total. The third-order valence-electron chi connectivity index (χ3n) is 4.30. The van der Waals surface area contributed by atoms with E-state index in [0.717, 1.165) is 0 Å². The molecule has 8 heteroatoms. The molecular weight excluding hydrogens is 361 g/mol. The van der Waals surface area contributed by atoms with E-state index in [1.54, 1.807) is 18.2 Å². The molecule has 1 N–H and O–H groups in total. The van der Waals surface area contributed by atoms with E-state index >= 15 is 0 Å². The Morgan fingerprint density at radius 3 is 2.88 bits per heavy atom. The van der Waals surface area contributed by atoms with Crippen molar-refractivity contribution in [2.45, 2.75) is 19.6 Å². The van der Waals surface area contributed by atoms with Crippen LogP contribution < -0.4 is 9.64 Å². The van der Waals surface area contributed by atoms with E-state index in [4.69, 9.17) is 21.4 Å². The number of pyridine rings is 1. The molecule has 0 spiro atoms. The van der Waals surface area contributed by atoms with Crippen LogP contribution in [0.15, 0.2) is 36.4 Å². The van der Waals surface area contributed by atoms with E-state index < -0.39 is 11.9 Å². The summed E-state index contributed by atoms with van der Waals surface area (Å²) in [4.78, 5) is 19.0. The highest BCUT2D eigenvalue weighted by molar-refractivity contribution is 6.30. The van der Waals surface area contributed by atoms with Gasteiger partial charge in [-0.3, -0.25) is 0 Å². The van der Waals surface area contributed by atoms with Gasteiger partial charge < -0.3 is 19.6 Å². The first-order valence-corrected chi connectivity index (χ1v) is 8.60. The summed E-state index contributed by atoms with van der Waals surface area (Å²) in [7, 11) is 0. The maximum absolute atomic E-state index is 13.8. The summed E-state index contributed by atoms with van der Waals surface area (Å²) in [6.07, 6.45) is -0.910. The second kappa shape index (κ2) is 7.78. The van der Waals surface area contributed by atoms with Gasteiger partial charge in [-0.05, 0) is 25.1 Å². The predicted octanol–water partition coefficient (Wildman–Crippen LogP) is 3.64. The standard InChI is InChI=1S/C18H19ClFN3O3/c1-12-10-22(7-8-23(12)18(24)25)16-3-2-4-17(21-16)26-11-13-5-6-14(19)9-15(13)20/h2-6,9,12H,7-8,10-11H2,1H3,(H,24,25)/t12-/m0/s1. The second-order valence-corrected chi connectivity index (χ2v) is 6.57. The number of benzene rings is 1. The molecule has 2 heterocycles. The number of piperazine rings is 1. The number of carboxylic acid groups (broad SMARTS) is 1. The van der Waals surface area contributed by atoms with Gasteiger partial charge in [0.25, 0.3) is 0 Å². The number of rotatable bonds is 4. The number of anilines is 1. The largest absolute Gasteiger partial charge is 0.473 e. The Labute approximate surface area is 155 Å². The number of hydrogen-bond donors (Lipinski definition) is 1. The zero-order valence-electron chi connectivity index (χ0n) is 14.2. The van der Waals surface area contributed by atoms with Crippen molar-refractivity contribution in [3.05, 3.63) is 52.8 Å². The van der Waals surface area contributed by atoms with Crippen molar-refractivity contribution in [3.8, 4) is 5.88 Å². The minimum absolute atomic E-state index is 0.0443. The van der Waals surface area contributed by atoms with Gasteiger partial charge in [-0.1, -0.05) is 23.7 Å². The maximum Gasteiger partial charge on any atom is 0.407 e. The average Bonchev–Trinajstić information content (AvgIpc) is 2.61. The van der Waals surface area contributed by atoms with Crippen molar-refractivity contribution in [3.63, 3.8) is 0 Å². The highest BCUT2D eigenvalue weighted by atomic mass is 35.5. The highest BCUT2D eigenvalue weighted by Gasteiger charge is 2.27. The number of aromatic nitrogens is 1. The van der Waals surface area contributed by atoms with E-state index in [-0.39, 0.29) is 12.6 Å². The maximum atomic E-state index is 13.8. The number of nitrogens with zero attached hydrogens (tertiary/aromatic N) is 3. The van der Waals surface area contributed by atoms with Gasteiger partial charge in [-0.15, -0.1) is 0 Å². The predicted molar refractivity (Wildman–Crippen MR) is 96.4 cm³/mol. The number of carbonyl (C=O) groups is 1. The Morgan fingerprint density at radius 1 is 1.38 bits per heavy atom. The Kier molecular flexibility index (Phi) is 5.46. The van der Waals surface area contributed by atoms with Gasteiger partial charge in [0.2, 0.25) is 5.88 Å². The monoisotopic (exact) mass is 379 g/mol. The van der Waals surface area contributed by atoms with Crippen LogP contribution in [0.25, 0.3) is 0 Å². The topological polar surface area (TPSA) is 65.9 Å². The molecule has 1 aromatic carbocycles. The highest BCUT2D eigenvalue weighted by Crippen LogP contribution is 2.21. The normalized spacial score (nSPS) is 17.3. The van der Waals surface area contributed by atoms with Crippen molar-refractivity contribution in [1.82, 2.24) is 9.88 Å². The summed E-state index contributed by atoms with van der Waals surface area (Å²) in [6.45, 7) is 3.43. The van der Waals surface area contributed by atoms with Crippen molar-refractivity contribution in [2.24, 2.45) is 0 Å². The first kappa shape index (κ1) is 18.3. The average molecular weight is 380 g/mol. The van der Waals surface area contributed by atoms with Crippen LogP contribution in [0.2, 0.25) is 5.02 Å². The molecular formula is C18H19ClFN3O3. The van der Waals surface area contributed by atoms with E-state index in [9.17, 15) is 9.18 Å². The fourth-order valence-corrected chi connectivity index (χ4v) is 3.06. The molecule has 1 amide bonds. The molecule has 0 bridgehead atoms. The third-order valence-corrected chi connectivity index (χ3v) is 4.53. The molecule has 1 atom stereocenters.